The van der Waals surface area contributed by atoms with E-state index in [1.54, 1.807) is 0 Å². The average Bonchev–Trinajstić information content (AvgIpc) is 3.02. The first-order valence-electron chi connectivity index (χ1n) is 7.93. The first-order valence-corrected chi connectivity index (χ1v) is 7.93. The Labute approximate surface area is 144 Å². The lowest BCUT2D eigenvalue weighted by Gasteiger charge is -2.17. The highest BCUT2D eigenvalue weighted by atomic mass is 16.2. The minimum atomic E-state index is -0.746. The number of imidazole rings is 1. The highest BCUT2D eigenvalue weighted by Crippen LogP contribution is 2.10. The molecule has 1 aromatic heterocycles. The van der Waals surface area contributed by atoms with Crippen molar-refractivity contribution < 1.29 is 9.59 Å². The summed E-state index contributed by atoms with van der Waals surface area (Å²) < 4.78 is 0. The molecule has 1 unspecified atom stereocenters. The van der Waals surface area contributed by atoms with E-state index < -0.39 is 12.1 Å². The number of para-hydroxylation sites is 2. The van der Waals surface area contributed by atoms with Crippen LogP contribution >= 0.6 is 0 Å². The van der Waals surface area contributed by atoms with Gasteiger partial charge >= 0.3 is 6.03 Å². The van der Waals surface area contributed by atoms with Crippen LogP contribution in [0.1, 0.15) is 11.4 Å². The number of fused-ring (bicyclic) bond motifs is 1. The summed E-state index contributed by atoms with van der Waals surface area (Å²) in [7, 11) is 0. The molecular weight excluding hydrogens is 318 g/mol. The second-order valence-corrected chi connectivity index (χ2v) is 5.67. The molecule has 3 rings (SSSR count). The Balaban J connectivity index is 1.65. The Hall–Kier alpha value is -3.35. The van der Waals surface area contributed by atoms with Gasteiger partial charge in [0.15, 0.2) is 0 Å². The fourth-order valence-corrected chi connectivity index (χ4v) is 2.61. The van der Waals surface area contributed by atoms with Crippen LogP contribution < -0.4 is 16.4 Å². The number of nitrogens with one attached hydrogen (secondary N) is 3. The van der Waals surface area contributed by atoms with E-state index >= 15 is 0 Å². The number of hydrogen-bond donors (Lipinski definition) is 4. The van der Waals surface area contributed by atoms with Crippen molar-refractivity contribution >= 4 is 23.0 Å². The van der Waals surface area contributed by atoms with Gasteiger partial charge in [-0.2, -0.15) is 0 Å². The van der Waals surface area contributed by atoms with Gasteiger partial charge in [0.2, 0.25) is 5.91 Å². The molecule has 7 nitrogen and oxygen atoms in total. The maximum absolute atomic E-state index is 12.4. The number of carbonyl (C=O) groups is 2. The standard InChI is InChI=1S/C18H19N5O2/c19-18(25)23-15(10-12-6-2-1-3-7-12)17(24)20-11-16-21-13-8-4-5-9-14(13)22-16/h1-9,15H,10-11H2,(H,20,24)(H,21,22)(H3,19,23,25). The van der Waals surface area contributed by atoms with Gasteiger partial charge in [-0.15, -0.1) is 0 Å². The molecule has 25 heavy (non-hydrogen) atoms. The summed E-state index contributed by atoms with van der Waals surface area (Å²) in [6.45, 7) is 0.235. The summed E-state index contributed by atoms with van der Waals surface area (Å²) in [5, 5.41) is 5.27. The topological polar surface area (TPSA) is 113 Å². The molecule has 1 atom stereocenters. The van der Waals surface area contributed by atoms with Gasteiger partial charge in [-0.1, -0.05) is 42.5 Å². The smallest absolute Gasteiger partial charge is 0.312 e. The van der Waals surface area contributed by atoms with Gasteiger partial charge in [0.05, 0.1) is 17.6 Å². The van der Waals surface area contributed by atoms with Crippen LogP contribution in [0.15, 0.2) is 54.6 Å². The van der Waals surface area contributed by atoms with Gasteiger partial charge in [0.1, 0.15) is 11.9 Å². The lowest BCUT2D eigenvalue weighted by atomic mass is 10.1. The third kappa shape index (κ3) is 4.35. The molecule has 7 heteroatoms. The molecular formula is C18H19N5O2. The Kier molecular flexibility index (Phi) is 4.94. The molecule has 0 aliphatic heterocycles. The quantitative estimate of drug-likeness (QED) is 0.546. The van der Waals surface area contributed by atoms with E-state index in [9.17, 15) is 9.59 Å². The number of nitrogens with two attached hydrogens (primary N) is 1. The largest absolute Gasteiger partial charge is 0.352 e. The van der Waals surface area contributed by atoms with E-state index in [2.05, 4.69) is 20.6 Å². The van der Waals surface area contributed by atoms with Crippen LogP contribution in [0.25, 0.3) is 11.0 Å². The molecule has 0 saturated carbocycles. The Morgan fingerprint density at radius 3 is 2.52 bits per heavy atom. The predicted molar refractivity (Wildman–Crippen MR) is 94.6 cm³/mol. The maximum atomic E-state index is 12.4. The first-order chi connectivity index (χ1) is 12.1. The Bertz CT molecular complexity index is 842. The summed E-state index contributed by atoms with van der Waals surface area (Å²) in [6.07, 6.45) is 0.357. The average molecular weight is 337 g/mol. The van der Waals surface area contributed by atoms with Crippen molar-refractivity contribution in [3.8, 4) is 0 Å². The van der Waals surface area contributed by atoms with Crippen molar-refractivity contribution in [3.05, 3.63) is 66.0 Å². The third-order valence-electron chi connectivity index (χ3n) is 3.78. The predicted octanol–water partition coefficient (Wildman–Crippen LogP) is 1.46. The van der Waals surface area contributed by atoms with Gasteiger partial charge in [-0.3, -0.25) is 4.79 Å². The summed E-state index contributed by atoms with van der Waals surface area (Å²) in [5.41, 5.74) is 7.87. The molecule has 5 N–H and O–H groups in total. The van der Waals surface area contributed by atoms with E-state index in [4.69, 9.17) is 5.73 Å². The number of amides is 3. The lowest BCUT2D eigenvalue weighted by molar-refractivity contribution is -0.123. The summed E-state index contributed by atoms with van der Waals surface area (Å²) in [4.78, 5) is 31.2. The van der Waals surface area contributed by atoms with E-state index in [0.29, 0.717) is 12.2 Å². The van der Waals surface area contributed by atoms with E-state index in [0.717, 1.165) is 16.6 Å². The van der Waals surface area contributed by atoms with Gasteiger partial charge in [0, 0.05) is 6.42 Å². The van der Waals surface area contributed by atoms with Crippen molar-refractivity contribution in [2.24, 2.45) is 5.73 Å². The van der Waals surface area contributed by atoms with Crippen molar-refractivity contribution in [3.63, 3.8) is 0 Å². The zero-order valence-corrected chi connectivity index (χ0v) is 13.5. The second kappa shape index (κ2) is 7.48. The van der Waals surface area contributed by atoms with Gasteiger partial charge in [-0.05, 0) is 17.7 Å². The Morgan fingerprint density at radius 2 is 1.80 bits per heavy atom. The number of primary amides is 1. The molecule has 0 radical (unpaired) electrons. The molecule has 0 aliphatic rings. The van der Waals surface area contributed by atoms with Crippen LogP contribution in [0.4, 0.5) is 4.79 Å². The first kappa shape index (κ1) is 16.5. The summed E-state index contributed by atoms with van der Waals surface area (Å²) in [6, 6.07) is 15.6. The number of nitrogens with zero attached hydrogens (tertiary/aromatic N) is 1. The van der Waals surface area contributed by atoms with Crippen LogP contribution in [0.2, 0.25) is 0 Å². The molecule has 3 amide bonds. The van der Waals surface area contributed by atoms with Gasteiger partial charge in [0.25, 0.3) is 0 Å². The Morgan fingerprint density at radius 1 is 1.08 bits per heavy atom. The normalized spacial score (nSPS) is 11.8. The zero-order chi connectivity index (χ0) is 17.6. The fraction of sp³-hybridized carbons (Fsp3) is 0.167. The number of H-pyrrole nitrogens is 1. The second-order valence-electron chi connectivity index (χ2n) is 5.67. The molecule has 0 fully saturated rings. The van der Waals surface area contributed by atoms with Crippen LogP contribution in [0.5, 0.6) is 0 Å². The number of benzene rings is 2. The molecule has 128 valence electrons. The summed E-state index contributed by atoms with van der Waals surface area (Å²) >= 11 is 0. The highest BCUT2D eigenvalue weighted by Gasteiger charge is 2.20. The number of aromatic amines is 1. The highest BCUT2D eigenvalue weighted by molar-refractivity contribution is 5.86. The molecule has 1 heterocycles. The van der Waals surface area contributed by atoms with E-state index in [-0.39, 0.29) is 12.5 Å². The molecule has 0 bridgehead atoms. The van der Waals surface area contributed by atoms with Crippen molar-refractivity contribution in [2.75, 3.05) is 0 Å². The fourth-order valence-electron chi connectivity index (χ4n) is 2.61. The zero-order valence-electron chi connectivity index (χ0n) is 13.5. The monoisotopic (exact) mass is 337 g/mol. The van der Waals surface area contributed by atoms with Gasteiger partial charge < -0.3 is 21.4 Å². The van der Waals surface area contributed by atoms with Gasteiger partial charge in [-0.25, -0.2) is 9.78 Å². The van der Waals surface area contributed by atoms with Crippen LogP contribution in [-0.2, 0) is 17.8 Å². The molecule has 2 aromatic carbocycles. The SMILES string of the molecule is NC(=O)NC(Cc1ccccc1)C(=O)NCc1nc2ccccc2[nH]1. The van der Waals surface area contributed by atoms with Crippen LogP contribution in [0, 0.1) is 0 Å². The van der Waals surface area contributed by atoms with Crippen LogP contribution in [-0.4, -0.2) is 27.9 Å². The van der Waals surface area contributed by atoms with Crippen molar-refractivity contribution in [2.45, 2.75) is 19.0 Å². The third-order valence-corrected chi connectivity index (χ3v) is 3.78. The molecule has 0 aliphatic carbocycles. The van der Waals surface area contributed by atoms with Crippen LogP contribution in [0.3, 0.4) is 0 Å². The minimum absolute atomic E-state index is 0.235. The van der Waals surface area contributed by atoms with E-state index in [1.807, 2.05) is 54.6 Å². The number of aromatic nitrogens is 2. The molecule has 0 spiro atoms. The molecule has 0 saturated heterocycles. The minimum Gasteiger partial charge on any atom is -0.352 e. The van der Waals surface area contributed by atoms with Crippen molar-refractivity contribution in [1.29, 1.82) is 0 Å². The van der Waals surface area contributed by atoms with Crippen molar-refractivity contribution in [1.82, 2.24) is 20.6 Å². The number of rotatable bonds is 6. The lowest BCUT2D eigenvalue weighted by Crippen LogP contribution is -2.49. The maximum Gasteiger partial charge on any atom is 0.312 e. The number of urea groups is 1. The van der Waals surface area contributed by atoms with E-state index in [1.165, 1.54) is 0 Å². The number of carbonyl (C=O) groups excluding carboxylic acids is 2. The number of hydrogen-bond acceptors (Lipinski definition) is 3. The summed E-state index contributed by atoms with van der Waals surface area (Å²) in [5.74, 6) is 0.329. The molecule has 3 aromatic rings.